The van der Waals surface area contributed by atoms with Crippen LogP contribution in [0.4, 0.5) is 9.59 Å². The highest BCUT2D eigenvalue weighted by Crippen LogP contribution is 2.39. The van der Waals surface area contributed by atoms with Crippen molar-refractivity contribution < 1.29 is 23.5 Å². The first-order valence-corrected chi connectivity index (χ1v) is 16.2. The molecule has 0 bridgehead atoms. The average Bonchev–Trinajstić information content (AvgIpc) is 2.82. The van der Waals surface area contributed by atoms with E-state index in [9.17, 15) is 9.59 Å². The molecule has 2 aromatic carbocycles. The summed E-state index contributed by atoms with van der Waals surface area (Å²) in [5.74, 6) is 0. The molecule has 0 radical (unpaired) electrons. The number of carbonyl (C=O) groups excluding carboxylic acids is 2. The van der Waals surface area contributed by atoms with Crippen molar-refractivity contribution in [3.63, 3.8) is 0 Å². The first-order valence-electron chi connectivity index (χ1n) is 14.3. The number of benzene rings is 2. The Labute approximate surface area is 241 Å². The Kier molecular flexibility index (Phi) is 9.78. The van der Waals surface area contributed by atoms with Crippen molar-refractivity contribution in [2.45, 2.75) is 116 Å². The summed E-state index contributed by atoms with van der Waals surface area (Å²) < 4.78 is 18.5. The second-order valence-corrected chi connectivity index (χ2v) is 18.0. The molecule has 1 aliphatic rings. The van der Waals surface area contributed by atoms with E-state index in [1.165, 1.54) is 10.4 Å². The first-order chi connectivity index (χ1) is 18.5. The predicted molar refractivity (Wildman–Crippen MR) is 163 cm³/mol. The molecule has 3 atom stereocenters. The van der Waals surface area contributed by atoms with Crippen LogP contribution in [0.2, 0.25) is 5.04 Å². The lowest BCUT2D eigenvalue weighted by atomic mass is 9.88. The molecule has 2 N–H and O–H groups in total. The fourth-order valence-electron chi connectivity index (χ4n) is 5.43. The maximum Gasteiger partial charge on any atom is 0.407 e. The number of hydrogen-bond acceptors (Lipinski definition) is 5. The van der Waals surface area contributed by atoms with E-state index in [1.54, 1.807) is 0 Å². The highest BCUT2D eigenvalue weighted by molar-refractivity contribution is 6.99. The van der Waals surface area contributed by atoms with Crippen molar-refractivity contribution in [3.05, 3.63) is 60.7 Å². The Hall–Kier alpha value is -2.84. The van der Waals surface area contributed by atoms with Gasteiger partial charge in [0.05, 0.1) is 12.1 Å². The Morgan fingerprint density at radius 1 is 0.675 bits per heavy atom. The molecule has 2 aromatic rings. The number of rotatable bonds is 6. The smallest absolute Gasteiger partial charge is 0.407 e. The van der Waals surface area contributed by atoms with Gasteiger partial charge in [-0.3, -0.25) is 0 Å². The van der Waals surface area contributed by atoms with Gasteiger partial charge < -0.3 is 24.5 Å². The first kappa shape index (κ1) is 31.7. The van der Waals surface area contributed by atoms with E-state index in [0.717, 1.165) is 6.42 Å². The molecule has 40 heavy (non-hydrogen) atoms. The van der Waals surface area contributed by atoms with E-state index >= 15 is 0 Å². The molecule has 0 spiro atoms. The highest BCUT2D eigenvalue weighted by atomic mass is 28.4. The van der Waals surface area contributed by atoms with Crippen LogP contribution in [0, 0.1) is 0 Å². The minimum absolute atomic E-state index is 0.136. The molecule has 7 nitrogen and oxygen atoms in total. The largest absolute Gasteiger partial charge is 0.444 e. The highest BCUT2D eigenvalue weighted by Gasteiger charge is 2.52. The number of nitrogens with one attached hydrogen (secondary N) is 2. The molecule has 0 saturated heterocycles. The molecule has 8 heteroatoms. The summed E-state index contributed by atoms with van der Waals surface area (Å²) >= 11 is 0. The Balaban J connectivity index is 1.94. The normalized spacial score (nSPS) is 20.4. The summed E-state index contributed by atoms with van der Waals surface area (Å²) in [4.78, 5) is 25.6. The molecule has 1 aliphatic carbocycles. The summed E-state index contributed by atoms with van der Waals surface area (Å²) in [6.07, 6.45) is 0.742. The van der Waals surface area contributed by atoms with Gasteiger partial charge in [0.1, 0.15) is 11.2 Å². The Morgan fingerprint density at radius 2 is 1.10 bits per heavy atom. The number of hydrogen-bond donors (Lipinski definition) is 2. The van der Waals surface area contributed by atoms with Gasteiger partial charge in [-0.1, -0.05) is 81.4 Å². The van der Waals surface area contributed by atoms with Gasteiger partial charge in [-0.2, -0.15) is 0 Å². The SMILES string of the molecule is CC(C)(C)OC(=O)NC1CCC(O[Si](c2ccccc2)(c2ccccc2)C(C)(C)C)CC1NC(=O)OC(C)(C)C. The van der Waals surface area contributed by atoms with Gasteiger partial charge in [0.2, 0.25) is 0 Å². The molecule has 0 heterocycles. The molecule has 1 saturated carbocycles. The van der Waals surface area contributed by atoms with E-state index < -0.39 is 31.7 Å². The third kappa shape index (κ3) is 8.33. The van der Waals surface area contributed by atoms with E-state index in [1.807, 2.05) is 53.7 Å². The molecular formula is C32H48N2O5Si. The van der Waals surface area contributed by atoms with Gasteiger partial charge in [0.25, 0.3) is 8.32 Å². The second kappa shape index (κ2) is 12.3. The van der Waals surface area contributed by atoms with Crippen LogP contribution in [0.15, 0.2) is 60.7 Å². The van der Waals surface area contributed by atoms with Gasteiger partial charge in [0, 0.05) is 6.10 Å². The van der Waals surface area contributed by atoms with Crippen LogP contribution >= 0.6 is 0 Å². The molecular weight excluding hydrogens is 520 g/mol. The number of amides is 2. The van der Waals surface area contributed by atoms with E-state index in [4.69, 9.17) is 13.9 Å². The molecule has 3 rings (SSSR count). The lowest BCUT2D eigenvalue weighted by Gasteiger charge is -2.47. The van der Waals surface area contributed by atoms with E-state index in [-0.39, 0.29) is 23.2 Å². The van der Waals surface area contributed by atoms with Crippen LogP contribution in [-0.2, 0) is 13.9 Å². The van der Waals surface area contributed by atoms with Gasteiger partial charge in [0.15, 0.2) is 0 Å². The van der Waals surface area contributed by atoms with Crippen LogP contribution in [0.3, 0.4) is 0 Å². The zero-order valence-electron chi connectivity index (χ0n) is 25.7. The fourth-order valence-corrected chi connectivity index (χ4v) is 10.2. The van der Waals surface area contributed by atoms with E-state index in [2.05, 4.69) is 79.9 Å². The van der Waals surface area contributed by atoms with Crippen molar-refractivity contribution in [3.8, 4) is 0 Å². The minimum atomic E-state index is -2.79. The maximum atomic E-state index is 12.9. The Morgan fingerprint density at radius 3 is 1.50 bits per heavy atom. The molecule has 2 amide bonds. The molecule has 0 aliphatic heterocycles. The molecule has 3 unspecified atom stereocenters. The van der Waals surface area contributed by atoms with Gasteiger partial charge in [-0.25, -0.2) is 9.59 Å². The van der Waals surface area contributed by atoms with Gasteiger partial charge in [-0.15, -0.1) is 0 Å². The van der Waals surface area contributed by atoms with Crippen molar-refractivity contribution >= 4 is 30.9 Å². The van der Waals surface area contributed by atoms with Crippen molar-refractivity contribution in [1.82, 2.24) is 10.6 Å². The number of alkyl carbamates (subject to hydrolysis) is 2. The van der Waals surface area contributed by atoms with Crippen LogP contribution < -0.4 is 21.0 Å². The van der Waals surface area contributed by atoms with Gasteiger partial charge >= 0.3 is 12.2 Å². The maximum absolute atomic E-state index is 12.9. The van der Waals surface area contributed by atoms with Crippen molar-refractivity contribution in [1.29, 1.82) is 0 Å². The molecule has 1 fully saturated rings. The van der Waals surface area contributed by atoms with Crippen LogP contribution in [0.5, 0.6) is 0 Å². The minimum Gasteiger partial charge on any atom is -0.444 e. The summed E-state index contributed by atoms with van der Waals surface area (Å²) in [6, 6.07) is 20.4. The van der Waals surface area contributed by atoms with Crippen molar-refractivity contribution in [2.75, 3.05) is 0 Å². The van der Waals surface area contributed by atoms with Crippen LogP contribution in [-0.4, -0.2) is 49.9 Å². The zero-order chi connectivity index (χ0) is 29.8. The number of carbonyl (C=O) groups is 2. The Bertz CT molecular complexity index is 1080. The van der Waals surface area contributed by atoms with Crippen LogP contribution in [0.1, 0.15) is 81.6 Å². The average molecular weight is 569 g/mol. The summed E-state index contributed by atoms with van der Waals surface area (Å²) in [5, 5.41) is 8.27. The molecule has 0 aromatic heterocycles. The quantitative estimate of drug-likeness (QED) is 0.424. The molecule has 220 valence electrons. The predicted octanol–water partition coefficient (Wildman–Crippen LogP) is 5.90. The third-order valence-corrected chi connectivity index (χ3v) is 12.1. The zero-order valence-corrected chi connectivity index (χ0v) is 26.7. The summed E-state index contributed by atoms with van der Waals surface area (Å²) in [6.45, 7) is 17.8. The summed E-state index contributed by atoms with van der Waals surface area (Å²) in [5.41, 5.74) is -1.26. The number of ether oxygens (including phenoxy) is 2. The topological polar surface area (TPSA) is 85.9 Å². The standard InChI is InChI=1S/C32H48N2O5Si/c1-30(2,3)37-28(35)33-26-21-20-23(22-27(26)34-29(36)38-31(4,5)6)39-40(32(7,8)9,24-16-12-10-13-17-24)25-18-14-11-15-19-25/h10-19,23,26-27H,20-22H2,1-9H3,(H,33,35)(H,34,36). The van der Waals surface area contributed by atoms with E-state index in [0.29, 0.717) is 12.8 Å². The van der Waals surface area contributed by atoms with Crippen molar-refractivity contribution in [2.24, 2.45) is 0 Å². The monoisotopic (exact) mass is 568 g/mol. The lowest BCUT2D eigenvalue weighted by Crippen LogP contribution is -2.68. The van der Waals surface area contributed by atoms with Gasteiger partial charge in [-0.05, 0) is 76.2 Å². The third-order valence-electron chi connectivity index (χ3n) is 6.97. The summed E-state index contributed by atoms with van der Waals surface area (Å²) in [7, 11) is -2.79. The van der Waals surface area contributed by atoms with Crippen LogP contribution in [0.25, 0.3) is 0 Å². The second-order valence-electron chi connectivity index (χ2n) is 13.7. The lowest BCUT2D eigenvalue weighted by molar-refractivity contribution is 0.0340. The fraction of sp³-hybridized carbons (Fsp3) is 0.562.